The first-order chi connectivity index (χ1) is 29.6. The van der Waals surface area contributed by atoms with E-state index in [2.05, 4.69) is 169 Å². The van der Waals surface area contributed by atoms with Crippen molar-refractivity contribution in [2.24, 2.45) is 0 Å². The molecule has 0 fully saturated rings. The van der Waals surface area contributed by atoms with Crippen molar-refractivity contribution in [2.75, 3.05) is 0 Å². The first-order valence-corrected chi connectivity index (χ1v) is 20.3. The van der Waals surface area contributed by atoms with Crippen LogP contribution in [0.4, 0.5) is 0 Å². The lowest BCUT2D eigenvalue weighted by molar-refractivity contribution is 0.769. The maximum absolute atomic E-state index is 5.08. The minimum Gasteiger partial charge on any atom is -0.256 e. The lowest BCUT2D eigenvalue weighted by atomic mass is 9.67. The van der Waals surface area contributed by atoms with E-state index in [0.717, 1.165) is 50.2 Å². The van der Waals surface area contributed by atoms with E-state index in [1.807, 2.05) is 61.7 Å². The second kappa shape index (κ2) is 15.5. The van der Waals surface area contributed by atoms with E-state index in [4.69, 9.17) is 15.0 Å². The molecule has 9 aromatic rings. The van der Waals surface area contributed by atoms with Gasteiger partial charge in [0, 0.05) is 34.0 Å². The molecule has 2 heterocycles. The molecular formula is C56H40N4. The number of hydrogen-bond acceptors (Lipinski definition) is 4. The highest BCUT2D eigenvalue weighted by Gasteiger charge is 2.46. The zero-order valence-electron chi connectivity index (χ0n) is 33.2. The quantitative estimate of drug-likeness (QED) is 0.147. The summed E-state index contributed by atoms with van der Waals surface area (Å²) in [6, 6.07) is 68.7. The summed E-state index contributed by atoms with van der Waals surface area (Å²) >= 11 is 0. The Hall–Kier alpha value is -7.82. The largest absolute Gasteiger partial charge is 0.256 e. The van der Waals surface area contributed by atoms with Crippen molar-refractivity contribution < 1.29 is 0 Å². The molecule has 4 heteroatoms. The highest BCUT2D eigenvalue weighted by atomic mass is 15.0. The fourth-order valence-electron chi connectivity index (χ4n) is 8.83. The Morgan fingerprint density at radius 1 is 0.467 bits per heavy atom. The van der Waals surface area contributed by atoms with Crippen LogP contribution < -0.4 is 0 Å². The van der Waals surface area contributed by atoms with Crippen LogP contribution in [0.5, 0.6) is 0 Å². The highest BCUT2D eigenvalue weighted by molar-refractivity contribution is 5.89. The zero-order chi connectivity index (χ0) is 40.5. The van der Waals surface area contributed by atoms with Crippen molar-refractivity contribution in [3.05, 3.63) is 252 Å². The third kappa shape index (κ3) is 6.27. The molecule has 0 unspecified atom stereocenters. The van der Waals surface area contributed by atoms with Gasteiger partial charge < -0.3 is 0 Å². The third-order valence-corrected chi connectivity index (χ3v) is 11.7. The van der Waals surface area contributed by atoms with E-state index in [0.29, 0.717) is 17.5 Å². The van der Waals surface area contributed by atoms with Crippen LogP contribution in [0, 0.1) is 0 Å². The van der Waals surface area contributed by atoms with Gasteiger partial charge in [-0.15, -0.1) is 0 Å². The summed E-state index contributed by atoms with van der Waals surface area (Å²) in [5.74, 6) is 1.85. The summed E-state index contributed by atoms with van der Waals surface area (Å²) in [4.78, 5) is 19.8. The normalized spacial score (nSPS) is 12.7. The average Bonchev–Trinajstić information content (AvgIpc) is 3.63. The number of benzene rings is 7. The monoisotopic (exact) mass is 768 g/mol. The van der Waals surface area contributed by atoms with E-state index in [1.165, 1.54) is 33.4 Å². The van der Waals surface area contributed by atoms with Crippen LogP contribution in [0.1, 0.15) is 46.0 Å². The van der Waals surface area contributed by atoms with Crippen LogP contribution in [0.2, 0.25) is 0 Å². The number of rotatable bonds is 9. The van der Waals surface area contributed by atoms with Crippen LogP contribution in [-0.2, 0) is 5.41 Å². The van der Waals surface area contributed by atoms with Gasteiger partial charge in [-0.1, -0.05) is 201 Å². The Morgan fingerprint density at radius 3 is 1.57 bits per heavy atom. The van der Waals surface area contributed by atoms with Gasteiger partial charge in [0.05, 0.1) is 11.1 Å². The number of aromatic nitrogens is 4. The van der Waals surface area contributed by atoms with E-state index < -0.39 is 5.41 Å². The molecular weight excluding hydrogens is 729 g/mol. The Kier molecular flexibility index (Phi) is 9.43. The highest BCUT2D eigenvalue weighted by Crippen LogP contribution is 2.56. The Bertz CT molecular complexity index is 2990. The predicted octanol–water partition coefficient (Wildman–Crippen LogP) is 13.4. The summed E-state index contributed by atoms with van der Waals surface area (Å²) in [5.41, 5.74) is 16.2. The van der Waals surface area contributed by atoms with Crippen molar-refractivity contribution in [3.63, 3.8) is 0 Å². The summed E-state index contributed by atoms with van der Waals surface area (Å²) in [6.07, 6.45) is 5.75. The van der Waals surface area contributed by atoms with Gasteiger partial charge in [-0.3, -0.25) is 4.98 Å². The molecule has 0 amide bonds. The van der Waals surface area contributed by atoms with Crippen molar-refractivity contribution in [1.82, 2.24) is 19.9 Å². The molecule has 2 aromatic heterocycles. The molecule has 284 valence electrons. The average molecular weight is 769 g/mol. The van der Waals surface area contributed by atoms with E-state index in [-0.39, 0.29) is 0 Å². The predicted molar refractivity (Wildman–Crippen MR) is 246 cm³/mol. The van der Waals surface area contributed by atoms with Crippen LogP contribution in [0.3, 0.4) is 0 Å². The van der Waals surface area contributed by atoms with Crippen LogP contribution in [0.15, 0.2) is 213 Å². The molecule has 0 spiro atoms. The van der Waals surface area contributed by atoms with Gasteiger partial charge in [0.2, 0.25) is 0 Å². The summed E-state index contributed by atoms with van der Waals surface area (Å²) in [5, 5.41) is 0. The Morgan fingerprint density at radius 2 is 0.967 bits per heavy atom. The van der Waals surface area contributed by atoms with Crippen molar-refractivity contribution in [1.29, 1.82) is 0 Å². The molecule has 0 bridgehead atoms. The number of fused-ring (bicyclic) bond motifs is 3. The number of allylic oxidation sites excluding steroid dienone is 1. The lowest BCUT2D eigenvalue weighted by Gasteiger charge is -2.34. The topological polar surface area (TPSA) is 51.6 Å². The molecule has 1 aliphatic rings. The molecule has 4 nitrogen and oxygen atoms in total. The number of hydrogen-bond donors (Lipinski definition) is 0. The Balaban J connectivity index is 1.04. The first kappa shape index (κ1) is 36.5. The van der Waals surface area contributed by atoms with E-state index in [1.54, 1.807) is 0 Å². The summed E-state index contributed by atoms with van der Waals surface area (Å²) < 4.78 is 0. The van der Waals surface area contributed by atoms with Gasteiger partial charge in [0.25, 0.3) is 0 Å². The van der Waals surface area contributed by atoms with Gasteiger partial charge in [-0.25, -0.2) is 15.0 Å². The fourth-order valence-corrected chi connectivity index (χ4v) is 8.83. The second-order valence-corrected chi connectivity index (χ2v) is 15.0. The van der Waals surface area contributed by atoms with Gasteiger partial charge in [-0.05, 0) is 69.1 Å². The van der Waals surface area contributed by atoms with Gasteiger partial charge in [0.1, 0.15) is 0 Å². The molecule has 0 radical (unpaired) electrons. The van der Waals surface area contributed by atoms with Crippen LogP contribution in [-0.4, -0.2) is 19.9 Å². The molecule has 0 saturated heterocycles. The fraction of sp³-hybridized carbons (Fsp3) is 0.0357. The minimum absolute atomic E-state index is 0.459. The van der Waals surface area contributed by atoms with Crippen molar-refractivity contribution in [2.45, 2.75) is 12.3 Å². The first-order valence-electron chi connectivity index (χ1n) is 20.3. The second-order valence-electron chi connectivity index (χ2n) is 15.0. The lowest BCUT2D eigenvalue weighted by Crippen LogP contribution is -2.28. The van der Waals surface area contributed by atoms with Gasteiger partial charge in [0.15, 0.2) is 17.5 Å². The van der Waals surface area contributed by atoms with Gasteiger partial charge >= 0.3 is 0 Å². The van der Waals surface area contributed by atoms with Crippen molar-refractivity contribution >= 4 is 11.6 Å². The standard InChI is InChI=1S/C56H40N4/c1-3-38-19-16-36-57-52(38)47(4-2)40-28-32-43(33-29-40)55-59-53(41-17-8-5-9-18-41)58-54(60-55)42-30-26-39(27-31-42)44-34-35-49-48-24-14-15-25-50(48)56(51(49)37-44,45-20-10-6-11-21-45)46-22-12-7-13-23-46/h3-37H,1H2,2H3/b47-4-. The molecule has 1 aliphatic carbocycles. The zero-order valence-corrected chi connectivity index (χ0v) is 33.2. The minimum atomic E-state index is -0.459. The SMILES string of the molecule is C=Cc1cccnc1/C(=C\C)c1ccc(-c2nc(-c3ccccc3)nc(-c3ccc(-c4ccc5c(c4)C(c4ccccc4)(c4ccccc4)c4ccccc4-5)cc3)n2)cc1. The molecule has 10 rings (SSSR count). The Labute approximate surface area is 351 Å². The summed E-state index contributed by atoms with van der Waals surface area (Å²) in [6.45, 7) is 6.03. The molecule has 0 N–H and O–H groups in total. The molecule has 0 atom stereocenters. The van der Waals surface area contributed by atoms with Gasteiger partial charge in [-0.2, -0.15) is 0 Å². The molecule has 60 heavy (non-hydrogen) atoms. The molecule has 0 saturated carbocycles. The molecule has 7 aromatic carbocycles. The smallest absolute Gasteiger partial charge is 0.164 e. The number of pyridine rings is 1. The third-order valence-electron chi connectivity index (χ3n) is 11.7. The van der Waals surface area contributed by atoms with E-state index >= 15 is 0 Å². The maximum Gasteiger partial charge on any atom is 0.164 e. The summed E-state index contributed by atoms with van der Waals surface area (Å²) in [7, 11) is 0. The van der Waals surface area contributed by atoms with Crippen molar-refractivity contribution in [3.8, 4) is 56.4 Å². The maximum atomic E-state index is 5.08. The molecule has 0 aliphatic heterocycles. The van der Waals surface area contributed by atoms with Crippen LogP contribution in [0.25, 0.3) is 68.1 Å². The number of nitrogens with zero attached hydrogens (tertiary/aromatic N) is 4. The van der Waals surface area contributed by atoms with E-state index in [9.17, 15) is 0 Å². The van der Waals surface area contributed by atoms with Crippen LogP contribution >= 0.6 is 0 Å².